The molecule has 1 atom stereocenters. The van der Waals surface area contributed by atoms with Gasteiger partial charge in [-0.3, -0.25) is 4.79 Å². The Morgan fingerprint density at radius 1 is 1.22 bits per heavy atom. The number of halogens is 2. The number of fused-ring (bicyclic) bond motifs is 1. The standard InChI is InChI=1S/C25H27Cl2N3O5S/c1-16-8-9-17-5-2-7-21(24(17)29-16)35-15-18-19(26)10-11-22(23(18)27)36(33,34)30-13-3-6-20(30)25(32)28-12-4-14-31/h2,5,7-11,20,31H,3-4,6,12-15H2,1H3,(H,28,32). The monoisotopic (exact) mass is 551 g/mol. The zero-order valence-corrected chi connectivity index (χ0v) is 22.0. The van der Waals surface area contributed by atoms with E-state index >= 15 is 0 Å². The number of aromatic nitrogens is 1. The lowest BCUT2D eigenvalue weighted by molar-refractivity contribution is -0.124. The fourth-order valence-electron chi connectivity index (χ4n) is 4.22. The Hall–Kier alpha value is -2.43. The molecule has 1 fully saturated rings. The number of para-hydroxylation sites is 1. The number of carbonyl (C=O) groups excluding carboxylic acids is 1. The molecule has 3 aromatic rings. The SMILES string of the molecule is Cc1ccc2cccc(OCc3c(Cl)ccc(S(=O)(=O)N4CCCC4C(=O)NCCCO)c3Cl)c2n1. The molecule has 0 spiro atoms. The highest BCUT2D eigenvalue weighted by Crippen LogP contribution is 2.36. The third-order valence-electron chi connectivity index (χ3n) is 6.07. The lowest BCUT2D eigenvalue weighted by atomic mass is 10.2. The molecule has 1 aliphatic rings. The fourth-order valence-corrected chi connectivity index (χ4v) is 6.74. The van der Waals surface area contributed by atoms with Crippen LogP contribution in [0.5, 0.6) is 5.75 Å². The van der Waals surface area contributed by atoms with Gasteiger partial charge in [0.15, 0.2) is 0 Å². The quantitative estimate of drug-likeness (QED) is 0.388. The molecule has 0 bridgehead atoms. The number of pyridine rings is 1. The molecule has 11 heteroatoms. The Balaban J connectivity index is 1.60. The van der Waals surface area contributed by atoms with Crippen molar-refractivity contribution in [3.63, 3.8) is 0 Å². The maximum absolute atomic E-state index is 13.6. The van der Waals surface area contributed by atoms with Gasteiger partial charge in [0, 0.05) is 41.4 Å². The molecule has 0 saturated carbocycles. The maximum Gasteiger partial charge on any atom is 0.245 e. The second-order valence-corrected chi connectivity index (χ2v) is 11.2. The number of nitrogens with one attached hydrogen (secondary N) is 1. The summed E-state index contributed by atoms with van der Waals surface area (Å²) < 4.78 is 34.3. The van der Waals surface area contributed by atoms with Gasteiger partial charge in [-0.05, 0) is 50.5 Å². The first-order valence-electron chi connectivity index (χ1n) is 11.6. The maximum atomic E-state index is 13.6. The van der Waals surface area contributed by atoms with E-state index in [1.54, 1.807) is 6.07 Å². The molecule has 1 aromatic heterocycles. The normalized spacial score (nSPS) is 16.4. The predicted octanol–water partition coefficient (Wildman–Crippen LogP) is 4.08. The topological polar surface area (TPSA) is 109 Å². The Bertz CT molecular complexity index is 1380. The van der Waals surface area contributed by atoms with Crippen molar-refractivity contribution in [3.8, 4) is 5.75 Å². The molecule has 192 valence electrons. The van der Waals surface area contributed by atoms with Crippen molar-refractivity contribution < 1.29 is 23.1 Å². The van der Waals surface area contributed by atoms with Gasteiger partial charge in [-0.25, -0.2) is 13.4 Å². The lowest BCUT2D eigenvalue weighted by Crippen LogP contribution is -2.46. The molecule has 1 unspecified atom stereocenters. The van der Waals surface area contributed by atoms with Gasteiger partial charge in [0.2, 0.25) is 15.9 Å². The van der Waals surface area contributed by atoms with E-state index in [9.17, 15) is 13.2 Å². The van der Waals surface area contributed by atoms with Crippen LogP contribution < -0.4 is 10.1 Å². The van der Waals surface area contributed by atoms with Crippen molar-refractivity contribution in [2.75, 3.05) is 19.7 Å². The van der Waals surface area contributed by atoms with E-state index in [2.05, 4.69) is 10.3 Å². The number of rotatable bonds is 9. The summed E-state index contributed by atoms with van der Waals surface area (Å²) in [5.74, 6) is 0.132. The minimum atomic E-state index is -4.09. The van der Waals surface area contributed by atoms with Crippen LogP contribution >= 0.6 is 23.2 Å². The molecule has 1 saturated heterocycles. The number of aliphatic hydroxyl groups excluding tert-OH is 1. The number of nitrogens with zero attached hydrogens (tertiary/aromatic N) is 2. The van der Waals surface area contributed by atoms with E-state index in [0.29, 0.717) is 36.1 Å². The minimum absolute atomic E-state index is 0.0433. The summed E-state index contributed by atoms with van der Waals surface area (Å²) in [7, 11) is -4.09. The lowest BCUT2D eigenvalue weighted by Gasteiger charge is -2.24. The third kappa shape index (κ3) is 5.45. The van der Waals surface area contributed by atoms with Crippen LogP contribution in [0.25, 0.3) is 10.9 Å². The highest BCUT2D eigenvalue weighted by Gasteiger charge is 2.40. The number of hydrogen-bond donors (Lipinski definition) is 2. The predicted molar refractivity (Wildman–Crippen MR) is 139 cm³/mol. The number of aryl methyl sites for hydroxylation is 1. The van der Waals surface area contributed by atoms with Crippen molar-refractivity contribution in [1.82, 2.24) is 14.6 Å². The first kappa shape index (κ1) is 26.6. The largest absolute Gasteiger partial charge is 0.487 e. The number of benzene rings is 2. The summed E-state index contributed by atoms with van der Waals surface area (Å²) in [5, 5.41) is 12.8. The zero-order valence-electron chi connectivity index (χ0n) is 19.7. The summed E-state index contributed by atoms with van der Waals surface area (Å²) in [4.78, 5) is 17.0. The van der Waals surface area contributed by atoms with Crippen LogP contribution in [0.15, 0.2) is 47.4 Å². The van der Waals surface area contributed by atoms with Gasteiger partial charge < -0.3 is 15.2 Å². The number of amides is 1. The van der Waals surface area contributed by atoms with Gasteiger partial charge in [0.05, 0.1) is 5.02 Å². The molecule has 2 heterocycles. The van der Waals surface area contributed by atoms with E-state index in [4.69, 9.17) is 33.0 Å². The summed E-state index contributed by atoms with van der Waals surface area (Å²) in [6, 6.07) is 11.4. The van der Waals surface area contributed by atoms with E-state index in [-0.39, 0.29) is 41.2 Å². The fraction of sp³-hybridized carbons (Fsp3) is 0.360. The van der Waals surface area contributed by atoms with Crippen LogP contribution in [-0.4, -0.2) is 54.5 Å². The summed E-state index contributed by atoms with van der Waals surface area (Å²) in [5.41, 5.74) is 1.84. The van der Waals surface area contributed by atoms with Gasteiger partial charge in [0.25, 0.3) is 0 Å². The molecule has 8 nitrogen and oxygen atoms in total. The Morgan fingerprint density at radius 3 is 2.81 bits per heavy atom. The van der Waals surface area contributed by atoms with Gasteiger partial charge in [0.1, 0.15) is 28.8 Å². The number of carbonyl (C=O) groups is 1. The Morgan fingerprint density at radius 2 is 2.03 bits per heavy atom. The van der Waals surface area contributed by atoms with Crippen molar-refractivity contribution in [1.29, 1.82) is 0 Å². The van der Waals surface area contributed by atoms with Crippen LogP contribution in [0, 0.1) is 6.92 Å². The summed E-state index contributed by atoms with van der Waals surface area (Å²) >= 11 is 13.0. The Labute approximate surface area is 220 Å². The van der Waals surface area contributed by atoms with Crippen molar-refractivity contribution in [2.45, 2.75) is 43.7 Å². The first-order chi connectivity index (χ1) is 17.2. The van der Waals surface area contributed by atoms with E-state index in [1.165, 1.54) is 16.4 Å². The number of sulfonamides is 1. The molecule has 36 heavy (non-hydrogen) atoms. The molecule has 2 N–H and O–H groups in total. The van der Waals surface area contributed by atoms with Crippen molar-refractivity contribution in [2.24, 2.45) is 0 Å². The van der Waals surface area contributed by atoms with Crippen LogP contribution in [-0.2, 0) is 21.4 Å². The molecular weight excluding hydrogens is 525 g/mol. The molecular formula is C25H27Cl2N3O5S. The molecule has 1 aliphatic heterocycles. The number of aliphatic hydroxyl groups is 1. The highest BCUT2D eigenvalue weighted by molar-refractivity contribution is 7.89. The highest BCUT2D eigenvalue weighted by atomic mass is 35.5. The second-order valence-electron chi connectivity index (χ2n) is 8.55. The third-order valence-corrected chi connectivity index (χ3v) is 8.92. The second kappa shape index (κ2) is 11.3. The van der Waals surface area contributed by atoms with E-state index in [0.717, 1.165) is 11.1 Å². The van der Waals surface area contributed by atoms with E-state index in [1.807, 2.05) is 31.2 Å². The smallest absolute Gasteiger partial charge is 0.245 e. The van der Waals surface area contributed by atoms with Crippen LogP contribution in [0.1, 0.15) is 30.5 Å². The van der Waals surface area contributed by atoms with Crippen molar-refractivity contribution >= 4 is 50.0 Å². The number of ether oxygens (including phenoxy) is 1. The van der Waals surface area contributed by atoms with Gasteiger partial charge in [-0.15, -0.1) is 0 Å². The molecule has 4 rings (SSSR count). The molecule has 2 aromatic carbocycles. The minimum Gasteiger partial charge on any atom is -0.487 e. The van der Waals surface area contributed by atoms with E-state index < -0.39 is 22.0 Å². The van der Waals surface area contributed by atoms with Crippen LogP contribution in [0.4, 0.5) is 0 Å². The summed E-state index contributed by atoms with van der Waals surface area (Å²) in [6.07, 6.45) is 1.34. The van der Waals surface area contributed by atoms with Crippen molar-refractivity contribution in [3.05, 3.63) is 63.8 Å². The zero-order chi connectivity index (χ0) is 25.9. The number of hydrogen-bond acceptors (Lipinski definition) is 6. The van der Waals surface area contributed by atoms with Crippen LogP contribution in [0.3, 0.4) is 0 Å². The van der Waals surface area contributed by atoms with Gasteiger partial charge in [-0.2, -0.15) is 4.31 Å². The first-order valence-corrected chi connectivity index (χ1v) is 13.8. The van der Waals surface area contributed by atoms with Crippen LogP contribution in [0.2, 0.25) is 10.0 Å². The van der Waals surface area contributed by atoms with Gasteiger partial charge in [-0.1, -0.05) is 41.4 Å². The van der Waals surface area contributed by atoms with Gasteiger partial charge >= 0.3 is 0 Å². The average Bonchev–Trinajstić information content (AvgIpc) is 3.35. The summed E-state index contributed by atoms with van der Waals surface area (Å²) in [6.45, 7) is 2.22. The molecule has 1 amide bonds. The molecule has 0 aliphatic carbocycles. The Kier molecular flexibility index (Phi) is 8.37. The average molecular weight is 552 g/mol. The molecule has 0 radical (unpaired) electrons.